The third-order valence-corrected chi connectivity index (χ3v) is 3.59. The van der Waals surface area contributed by atoms with Crippen LogP contribution < -0.4 is 5.32 Å². The van der Waals surface area contributed by atoms with E-state index < -0.39 is 0 Å². The van der Waals surface area contributed by atoms with Crippen molar-refractivity contribution in [1.82, 2.24) is 5.32 Å². The first-order valence-electron chi connectivity index (χ1n) is 7.02. The quantitative estimate of drug-likeness (QED) is 0.772. The zero-order chi connectivity index (χ0) is 14.5. The van der Waals surface area contributed by atoms with Crippen molar-refractivity contribution in [2.45, 2.75) is 12.6 Å². The Balaban J connectivity index is 1.80. The van der Waals surface area contributed by atoms with Crippen molar-refractivity contribution in [1.29, 1.82) is 5.26 Å². The molecule has 3 aromatic carbocycles. The molecular weight excluding hydrogens is 256 g/mol. The number of hydrogen-bond donors (Lipinski definition) is 1. The highest BCUT2D eigenvalue weighted by Gasteiger charge is 2.10. The third-order valence-electron chi connectivity index (χ3n) is 3.59. The van der Waals surface area contributed by atoms with Gasteiger partial charge in [-0.05, 0) is 28.0 Å². The summed E-state index contributed by atoms with van der Waals surface area (Å²) >= 11 is 0. The second-order valence-electron chi connectivity index (χ2n) is 5.04. The first-order valence-corrected chi connectivity index (χ1v) is 7.02. The summed E-state index contributed by atoms with van der Waals surface area (Å²) in [5.74, 6) is 0. The molecule has 0 saturated heterocycles. The van der Waals surface area contributed by atoms with Gasteiger partial charge in [0, 0.05) is 6.54 Å². The molecule has 0 aliphatic heterocycles. The molecule has 0 fully saturated rings. The fourth-order valence-electron chi connectivity index (χ4n) is 2.44. The van der Waals surface area contributed by atoms with E-state index in [4.69, 9.17) is 0 Å². The second kappa shape index (κ2) is 6.21. The lowest BCUT2D eigenvalue weighted by Crippen LogP contribution is -2.19. The average molecular weight is 272 g/mol. The van der Waals surface area contributed by atoms with Crippen molar-refractivity contribution in [2.75, 3.05) is 0 Å². The van der Waals surface area contributed by atoms with Gasteiger partial charge < -0.3 is 0 Å². The molecule has 1 atom stereocenters. The lowest BCUT2D eigenvalue weighted by Gasteiger charge is -2.13. The van der Waals surface area contributed by atoms with Crippen LogP contribution in [-0.4, -0.2) is 0 Å². The third kappa shape index (κ3) is 3.10. The molecule has 0 heterocycles. The number of nitrogens with one attached hydrogen (secondary N) is 1. The van der Waals surface area contributed by atoms with Crippen molar-refractivity contribution < 1.29 is 0 Å². The van der Waals surface area contributed by atoms with Crippen LogP contribution in [0.3, 0.4) is 0 Å². The molecule has 0 radical (unpaired) electrons. The lowest BCUT2D eigenvalue weighted by atomic mass is 10.0. The highest BCUT2D eigenvalue weighted by Crippen LogP contribution is 2.20. The summed E-state index contributed by atoms with van der Waals surface area (Å²) in [4.78, 5) is 0. The minimum atomic E-state index is -0.296. The predicted octanol–water partition coefficient (Wildman–Crippen LogP) is 4.19. The van der Waals surface area contributed by atoms with E-state index in [1.807, 2.05) is 36.4 Å². The van der Waals surface area contributed by atoms with Crippen molar-refractivity contribution in [3.63, 3.8) is 0 Å². The van der Waals surface area contributed by atoms with Gasteiger partial charge in [-0.1, -0.05) is 66.7 Å². The van der Waals surface area contributed by atoms with Crippen LogP contribution in [0.15, 0.2) is 72.8 Å². The molecule has 0 bridgehead atoms. The molecule has 0 unspecified atom stereocenters. The Hall–Kier alpha value is -2.63. The Labute approximate surface area is 124 Å². The van der Waals surface area contributed by atoms with E-state index >= 15 is 0 Å². The molecule has 0 aliphatic carbocycles. The van der Waals surface area contributed by atoms with E-state index in [1.165, 1.54) is 10.9 Å². The second-order valence-corrected chi connectivity index (χ2v) is 5.04. The van der Waals surface area contributed by atoms with Gasteiger partial charge in [-0.2, -0.15) is 5.26 Å². The summed E-state index contributed by atoms with van der Waals surface area (Å²) in [6.45, 7) is 0.686. The Kier molecular flexibility index (Phi) is 3.95. The highest BCUT2D eigenvalue weighted by molar-refractivity contribution is 5.83. The molecule has 102 valence electrons. The van der Waals surface area contributed by atoms with E-state index in [0.29, 0.717) is 6.54 Å². The van der Waals surface area contributed by atoms with Gasteiger partial charge in [0.25, 0.3) is 0 Å². The Bertz CT molecular complexity index is 772. The Morgan fingerprint density at radius 1 is 0.857 bits per heavy atom. The molecule has 0 saturated carbocycles. The van der Waals surface area contributed by atoms with E-state index in [1.54, 1.807) is 0 Å². The molecular formula is C19H16N2. The smallest absolute Gasteiger partial charge is 0.121 e. The number of fused-ring (bicyclic) bond motifs is 1. The zero-order valence-corrected chi connectivity index (χ0v) is 11.7. The topological polar surface area (TPSA) is 35.8 Å². The van der Waals surface area contributed by atoms with Crippen LogP contribution in [0.25, 0.3) is 10.8 Å². The average Bonchev–Trinajstić information content (AvgIpc) is 2.56. The van der Waals surface area contributed by atoms with E-state index in [0.717, 1.165) is 10.9 Å². The normalized spacial score (nSPS) is 12.0. The fourth-order valence-corrected chi connectivity index (χ4v) is 2.44. The highest BCUT2D eigenvalue weighted by atomic mass is 14.9. The maximum Gasteiger partial charge on any atom is 0.121 e. The largest absolute Gasteiger partial charge is 0.294 e. The van der Waals surface area contributed by atoms with Crippen LogP contribution in [0.2, 0.25) is 0 Å². The number of hydrogen-bond acceptors (Lipinski definition) is 2. The zero-order valence-electron chi connectivity index (χ0n) is 11.7. The molecule has 2 nitrogen and oxygen atoms in total. The SMILES string of the molecule is N#C[C@H](NCc1ccccc1)c1ccc2ccccc2c1. The van der Waals surface area contributed by atoms with Gasteiger partial charge in [0.2, 0.25) is 0 Å². The Morgan fingerprint density at radius 3 is 2.33 bits per heavy atom. The van der Waals surface area contributed by atoms with Gasteiger partial charge in [0.1, 0.15) is 6.04 Å². The van der Waals surface area contributed by atoms with Crippen molar-refractivity contribution in [2.24, 2.45) is 0 Å². The fraction of sp³-hybridized carbons (Fsp3) is 0.105. The molecule has 0 spiro atoms. The molecule has 2 heteroatoms. The van der Waals surface area contributed by atoms with Crippen LogP contribution in [-0.2, 0) is 6.54 Å². The van der Waals surface area contributed by atoms with E-state index in [2.05, 4.69) is 47.8 Å². The summed E-state index contributed by atoms with van der Waals surface area (Å²) < 4.78 is 0. The minimum absolute atomic E-state index is 0.296. The molecule has 0 aliphatic rings. The van der Waals surface area contributed by atoms with Crippen molar-refractivity contribution in [3.8, 4) is 6.07 Å². The molecule has 21 heavy (non-hydrogen) atoms. The van der Waals surface area contributed by atoms with Crippen molar-refractivity contribution in [3.05, 3.63) is 83.9 Å². The van der Waals surface area contributed by atoms with E-state index in [9.17, 15) is 5.26 Å². The number of nitriles is 1. The van der Waals surface area contributed by atoms with Crippen LogP contribution >= 0.6 is 0 Å². The van der Waals surface area contributed by atoms with Crippen LogP contribution in [0.5, 0.6) is 0 Å². The molecule has 0 amide bonds. The summed E-state index contributed by atoms with van der Waals surface area (Å²) in [7, 11) is 0. The summed E-state index contributed by atoms with van der Waals surface area (Å²) in [5, 5.41) is 15.1. The maximum absolute atomic E-state index is 9.42. The summed E-state index contributed by atoms with van der Waals surface area (Å²) in [6.07, 6.45) is 0. The van der Waals surface area contributed by atoms with Gasteiger partial charge in [0.15, 0.2) is 0 Å². The first-order chi connectivity index (χ1) is 10.4. The van der Waals surface area contributed by atoms with Gasteiger partial charge >= 0.3 is 0 Å². The predicted molar refractivity (Wildman–Crippen MR) is 85.6 cm³/mol. The van der Waals surface area contributed by atoms with Crippen molar-refractivity contribution >= 4 is 10.8 Å². The molecule has 3 rings (SSSR count). The number of nitrogens with zero attached hydrogens (tertiary/aromatic N) is 1. The van der Waals surface area contributed by atoms with Gasteiger partial charge in [-0.15, -0.1) is 0 Å². The maximum atomic E-state index is 9.42. The Morgan fingerprint density at radius 2 is 1.57 bits per heavy atom. The van der Waals surface area contributed by atoms with Crippen LogP contribution in [0.4, 0.5) is 0 Å². The van der Waals surface area contributed by atoms with Gasteiger partial charge in [0.05, 0.1) is 6.07 Å². The summed E-state index contributed by atoms with van der Waals surface area (Å²) in [5.41, 5.74) is 2.19. The first kappa shape index (κ1) is 13.4. The summed E-state index contributed by atoms with van der Waals surface area (Å²) in [6, 6.07) is 26.5. The standard InChI is InChI=1S/C19H16N2/c20-13-19(21-14-15-6-2-1-3-7-15)18-11-10-16-8-4-5-9-17(16)12-18/h1-12,19,21H,14H2/t19-/m0/s1. The van der Waals surface area contributed by atoms with Gasteiger partial charge in [-0.3, -0.25) is 5.32 Å². The van der Waals surface area contributed by atoms with Crippen LogP contribution in [0.1, 0.15) is 17.2 Å². The molecule has 1 N–H and O–H groups in total. The van der Waals surface area contributed by atoms with E-state index in [-0.39, 0.29) is 6.04 Å². The van der Waals surface area contributed by atoms with Gasteiger partial charge in [-0.25, -0.2) is 0 Å². The molecule has 3 aromatic rings. The number of rotatable bonds is 4. The lowest BCUT2D eigenvalue weighted by molar-refractivity contribution is 0.631. The van der Waals surface area contributed by atoms with Crippen LogP contribution in [0, 0.1) is 11.3 Å². The molecule has 0 aromatic heterocycles. The number of benzene rings is 3. The minimum Gasteiger partial charge on any atom is -0.294 e. The monoisotopic (exact) mass is 272 g/mol.